The first-order valence-electron chi connectivity index (χ1n) is 4.24. The second-order valence-electron chi connectivity index (χ2n) is 2.47. The maximum absolute atomic E-state index is 10.2. The molecule has 17 heavy (non-hydrogen) atoms. The lowest BCUT2D eigenvalue weighted by Gasteiger charge is -2.04. The van der Waals surface area contributed by atoms with Gasteiger partial charge in [0.1, 0.15) is 0 Å². The van der Waals surface area contributed by atoms with Gasteiger partial charge in [0.2, 0.25) is 10.1 Å². The lowest BCUT2D eigenvalue weighted by molar-refractivity contribution is -0.900. The van der Waals surface area contributed by atoms with Crippen molar-refractivity contribution < 1.29 is 10.1 Å². The minimum Gasteiger partial charge on any atom is -0.229 e. The molecular weight excluding hydrogens is 230 g/mol. The van der Waals surface area contributed by atoms with Gasteiger partial charge in [0.15, 0.2) is 0 Å². The molecule has 0 radical (unpaired) electrons. The normalized spacial score (nSPS) is 8.00. The SMILES string of the molecule is CC#N.O=[N+]([O-])N(Nc1ccccc1)[N+](=O)[O-]. The highest BCUT2D eigenvalue weighted by molar-refractivity contribution is 5.40. The first kappa shape index (κ1) is 14.1. The average Bonchev–Trinajstić information content (AvgIpc) is 2.27. The van der Waals surface area contributed by atoms with Gasteiger partial charge in [-0.2, -0.15) is 10.7 Å². The number of hydrogen-bond acceptors (Lipinski definition) is 6. The Bertz CT molecular complexity index is 402. The summed E-state index contributed by atoms with van der Waals surface area (Å²) in [5.74, 6) is 0. The smallest absolute Gasteiger partial charge is 0.229 e. The molecule has 0 saturated heterocycles. The van der Waals surface area contributed by atoms with E-state index in [1.165, 1.54) is 19.1 Å². The molecule has 9 nitrogen and oxygen atoms in total. The number of nitro groups is 2. The molecule has 1 aromatic rings. The van der Waals surface area contributed by atoms with Gasteiger partial charge in [-0.3, -0.25) is 0 Å². The molecule has 0 amide bonds. The van der Waals surface area contributed by atoms with Crippen LogP contribution in [0.1, 0.15) is 6.92 Å². The van der Waals surface area contributed by atoms with Crippen LogP contribution in [0.4, 0.5) is 5.69 Å². The standard InChI is InChI=1S/C6H6N4O4.C2H3N/c11-9(12)8(10(13)14)7-6-4-2-1-3-5-6;1-2-3/h1-5,7H;1H3. The van der Waals surface area contributed by atoms with E-state index in [9.17, 15) is 20.2 Å². The van der Waals surface area contributed by atoms with Crippen LogP contribution in [0, 0.1) is 31.6 Å². The van der Waals surface area contributed by atoms with Crippen molar-refractivity contribution in [3.05, 3.63) is 50.6 Å². The van der Waals surface area contributed by atoms with Crippen LogP contribution < -0.4 is 5.43 Å². The van der Waals surface area contributed by atoms with Crippen molar-refractivity contribution in [3.63, 3.8) is 0 Å². The largest absolute Gasteiger partial charge is 0.280 e. The molecule has 0 bridgehead atoms. The second-order valence-corrected chi connectivity index (χ2v) is 2.47. The number of rotatable bonds is 4. The van der Waals surface area contributed by atoms with Crippen molar-refractivity contribution in [1.29, 1.82) is 5.26 Å². The van der Waals surface area contributed by atoms with E-state index in [0.29, 0.717) is 0 Å². The number of anilines is 1. The zero-order chi connectivity index (χ0) is 13.3. The maximum atomic E-state index is 10.2. The Balaban J connectivity index is 0.000000770. The highest BCUT2D eigenvalue weighted by atomic mass is 16.8. The fourth-order valence-corrected chi connectivity index (χ4v) is 0.769. The number of benzene rings is 1. The zero-order valence-corrected chi connectivity index (χ0v) is 8.81. The van der Waals surface area contributed by atoms with Crippen molar-refractivity contribution in [2.45, 2.75) is 6.92 Å². The molecule has 0 atom stereocenters. The number of para-hydroxylation sites is 1. The molecular formula is C8H9N5O4. The zero-order valence-electron chi connectivity index (χ0n) is 8.81. The Kier molecular flexibility index (Phi) is 6.15. The van der Waals surface area contributed by atoms with Gasteiger partial charge in [0, 0.05) is 6.92 Å². The molecule has 90 valence electrons. The van der Waals surface area contributed by atoms with E-state index >= 15 is 0 Å². The van der Waals surface area contributed by atoms with Crippen LogP contribution in [-0.2, 0) is 0 Å². The molecule has 0 heterocycles. The van der Waals surface area contributed by atoms with E-state index < -0.39 is 10.1 Å². The molecule has 0 spiro atoms. The molecule has 1 aromatic carbocycles. The van der Waals surface area contributed by atoms with Crippen LogP contribution in [0.5, 0.6) is 0 Å². The third kappa shape index (κ3) is 5.53. The number of nitriles is 1. The Labute approximate surface area is 96.1 Å². The van der Waals surface area contributed by atoms with Crippen LogP contribution in [0.3, 0.4) is 0 Å². The highest BCUT2D eigenvalue weighted by Gasteiger charge is 2.27. The van der Waals surface area contributed by atoms with Crippen LogP contribution in [0.2, 0.25) is 0 Å². The molecule has 0 saturated carbocycles. The van der Waals surface area contributed by atoms with Gasteiger partial charge in [-0.05, 0) is 12.1 Å². The van der Waals surface area contributed by atoms with Crippen LogP contribution in [-0.4, -0.2) is 15.3 Å². The maximum Gasteiger partial charge on any atom is 0.280 e. The monoisotopic (exact) mass is 239 g/mol. The van der Waals surface area contributed by atoms with Crippen LogP contribution >= 0.6 is 0 Å². The van der Waals surface area contributed by atoms with Crippen molar-refractivity contribution in [3.8, 4) is 6.07 Å². The lowest BCUT2D eigenvalue weighted by atomic mass is 10.3. The van der Waals surface area contributed by atoms with E-state index in [0.717, 1.165) is 0 Å². The quantitative estimate of drug-likeness (QED) is 0.618. The summed E-state index contributed by atoms with van der Waals surface area (Å²) in [6.45, 7) is 1.43. The van der Waals surface area contributed by atoms with Crippen molar-refractivity contribution in [2.24, 2.45) is 0 Å². The van der Waals surface area contributed by atoms with E-state index in [-0.39, 0.29) is 10.9 Å². The minimum absolute atomic E-state index is 0.265. The fourth-order valence-electron chi connectivity index (χ4n) is 0.769. The number of hydrazine groups is 3. The van der Waals surface area contributed by atoms with Crippen LogP contribution in [0.25, 0.3) is 0 Å². The van der Waals surface area contributed by atoms with E-state index in [1.54, 1.807) is 24.3 Å². The Morgan fingerprint density at radius 2 is 1.65 bits per heavy atom. The average molecular weight is 239 g/mol. The summed E-state index contributed by atoms with van der Waals surface area (Å²) in [5.41, 5.74) is 2.28. The van der Waals surface area contributed by atoms with E-state index in [4.69, 9.17) is 5.26 Å². The number of hydrogen-bond donors (Lipinski definition) is 1. The Hall–Kier alpha value is -2.89. The molecule has 9 heteroatoms. The van der Waals surface area contributed by atoms with Gasteiger partial charge >= 0.3 is 0 Å². The molecule has 0 fully saturated rings. The Morgan fingerprint density at radius 3 is 2.00 bits per heavy atom. The van der Waals surface area contributed by atoms with Crippen molar-refractivity contribution in [2.75, 3.05) is 5.43 Å². The molecule has 0 unspecified atom stereocenters. The van der Waals surface area contributed by atoms with Gasteiger partial charge in [-0.1, -0.05) is 18.2 Å². The van der Waals surface area contributed by atoms with Crippen LogP contribution in [0.15, 0.2) is 30.3 Å². The molecule has 1 N–H and O–H groups in total. The molecule has 0 aliphatic carbocycles. The molecule has 1 rings (SSSR count). The first-order chi connectivity index (χ1) is 8.02. The second kappa shape index (κ2) is 7.41. The molecule has 0 aliphatic heterocycles. The summed E-state index contributed by atoms with van der Waals surface area (Å²) < 4.78 is 0. The third-order valence-corrected chi connectivity index (χ3v) is 1.31. The van der Waals surface area contributed by atoms with Crippen molar-refractivity contribution >= 4 is 5.69 Å². The summed E-state index contributed by atoms with van der Waals surface area (Å²) in [7, 11) is 0. The summed E-state index contributed by atoms with van der Waals surface area (Å²) in [5, 5.41) is 25.0. The molecule has 0 aromatic heterocycles. The summed E-state index contributed by atoms with van der Waals surface area (Å²) in [6, 6.07) is 9.58. The fraction of sp³-hybridized carbons (Fsp3) is 0.125. The minimum atomic E-state index is -1.16. The summed E-state index contributed by atoms with van der Waals surface area (Å²) in [6.07, 6.45) is 0. The third-order valence-electron chi connectivity index (χ3n) is 1.31. The van der Waals surface area contributed by atoms with Gasteiger partial charge in [0.05, 0.1) is 11.8 Å². The van der Waals surface area contributed by atoms with Crippen molar-refractivity contribution in [1.82, 2.24) is 5.23 Å². The van der Waals surface area contributed by atoms with E-state index in [1.807, 2.05) is 5.43 Å². The topological polar surface area (TPSA) is 125 Å². The predicted molar refractivity (Wildman–Crippen MR) is 57.2 cm³/mol. The lowest BCUT2D eigenvalue weighted by Crippen LogP contribution is -2.40. The molecule has 0 aliphatic rings. The summed E-state index contributed by atoms with van der Waals surface area (Å²) in [4.78, 5) is 20.3. The highest BCUT2D eigenvalue weighted by Crippen LogP contribution is 2.06. The van der Waals surface area contributed by atoms with Gasteiger partial charge in [0.25, 0.3) is 5.23 Å². The van der Waals surface area contributed by atoms with Gasteiger partial charge in [-0.15, -0.1) is 0 Å². The first-order valence-corrected chi connectivity index (χ1v) is 4.24. The van der Waals surface area contributed by atoms with Gasteiger partial charge < -0.3 is 0 Å². The van der Waals surface area contributed by atoms with E-state index in [2.05, 4.69) is 0 Å². The van der Waals surface area contributed by atoms with Gasteiger partial charge in [-0.25, -0.2) is 20.2 Å². The number of nitrogens with zero attached hydrogens (tertiary/aromatic N) is 4. The Morgan fingerprint density at radius 1 is 1.24 bits per heavy atom. The predicted octanol–water partition coefficient (Wildman–Crippen LogP) is 1.23. The number of nitrogens with one attached hydrogen (secondary N) is 1. The summed E-state index contributed by atoms with van der Waals surface area (Å²) >= 11 is 0.